The van der Waals surface area contributed by atoms with E-state index in [1.165, 1.54) is 31.2 Å². The third-order valence-electron chi connectivity index (χ3n) is 3.73. The van der Waals surface area contributed by atoms with Crippen molar-refractivity contribution in [2.24, 2.45) is 5.92 Å². The minimum absolute atomic E-state index is 0.515. The Bertz CT molecular complexity index is 312. The number of hydrogen-bond donors (Lipinski definition) is 1. The molecule has 1 N–H and O–H groups in total. The smallest absolute Gasteiger partial charge is 0.108 e. The minimum Gasteiger partial charge on any atom is -0.469 e. The molecule has 1 atom stereocenters. The molecular weight excluding hydrogens is 198 g/mol. The fourth-order valence-corrected chi connectivity index (χ4v) is 2.96. The Morgan fingerprint density at radius 2 is 2.12 bits per heavy atom. The van der Waals surface area contributed by atoms with Gasteiger partial charge in [0, 0.05) is 18.0 Å². The second-order valence-corrected chi connectivity index (χ2v) is 4.73. The molecule has 1 heterocycles. The Morgan fingerprint density at radius 1 is 1.38 bits per heavy atom. The zero-order chi connectivity index (χ0) is 11.4. The largest absolute Gasteiger partial charge is 0.469 e. The Hall–Kier alpha value is -0.760. The Labute approximate surface area is 98.4 Å². The van der Waals surface area contributed by atoms with Gasteiger partial charge in [-0.05, 0) is 31.4 Å². The first kappa shape index (κ1) is 11.7. The predicted octanol–water partition coefficient (Wildman–Crippen LogP) is 3.68. The number of aryl methyl sites for hydroxylation is 1. The van der Waals surface area contributed by atoms with E-state index in [-0.39, 0.29) is 0 Å². The van der Waals surface area contributed by atoms with Gasteiger partial charge in [0.25, 0.3) is 0 Å². The standard InChI is InChI=1S/C14H23NO/c1-3-13-12(9-10-16-13)14(15-4-2)11-7-5-6-8-11/h9-11,14-15H,3-8H2,1-2H3. The van der Waals surface area contributed by atoms with Crippen molar-refractivity contribution in [3.05, 3.63) is 23.7 Å². The molecule has 0 aromatic carbocycles. The number of rotatable bonds is 5. The summed E-state index contributed by atoms with van der Waals surface area (Å²) in [5, 5.41) is 3.64. The molecule has 2 nitrogen and oxygen atoms in total. The highest BCUT2D eigenvalue weighted by Crippen LogP contribution is 2.37. The summed E-state index contributed by atoms with van der Waals surface area (Å²) in [4.78, 5) is 0. The molecule has 0 spiro atoms. The zero-order valence-corrected chi connectivity index (χ0v) is 10.5. The summed E-state index contributed by atoms with van der Waals surface area (Å²) in [5.41, 5.74) is 1.40. The van der Waals surface area contributed by atoms with Crippen molar-refractivity contribution in [3.63, 3.8) is 0 Å². The van der Waals surface area contributed by atoms with E-state index in [0.29, 0.717) is 6.04 Å². The van der Waals surface area contributed by atoms with E-state index in [4.69, 9.17) is 4.42 Å². The van der Waals surface area contributed by atoms with Crippen molar-refractivity contribution in [2.75, 3.05) is 6.54 Å². The Kier molecular flexibility index (Phi) is 4.05. The fraction of sp³-hybridized carbons (Fsp3) is 0.714. The first-order valence-electron chi connectivity index (χ1n) is 6.66. The maximum Gasteiger partial charge on any atom is 0.108 e. The highest BCUT2D eigenvalue weighted by atomic mass is 16.3. The number of nitrogens with one attached hydrogen (secondary N) is 1. The van der Waals surface area contributed by atoms with Crippen LogP contribution in [0, 0.1) is 5.92 Å². The summed E-state index contributed by atoms with van der Waals surface area (Å²) >= 11 is 0. The lowest BCUT2D eigenvalue weighted by Gasteiger charge is -2.24. The van der Waals surface area contributed by atoms with Crippen LogP contribution in [0.15, 0.2) is 16.7 Å². The summed E-state index contributed by atoms with van der Waals surface area (Å²) in [5.74, 6) is 1.97. The summed E-state index contributed by atoms with van der Waals surface area (Å²) in [6.07, 6.45) is 8.36. The van der Waals surface area contributed by atoms with Crippen LogP contribution in [0.2, 0.25) is 0 Å². The summed E-state index contributed by atoms with van der Waals surface area (Å²) in [6.45, 7) is 5.39. The van der Waals surface area contributed by atoms with Gasteiger partial charge < -0.3 is 9.73 Å². The Morgan fingerprint density at radius 3 is 2.75 bits per heavy atom. The van der Waals surface area contributed by atoms with Gasteiger partial charge in [0.1, 0.15) is 5.76 Å². The number of furan rings is 1. The third kappa shape index (κ3) is 2.32. The summed E-state index contributed by atoms with van der Waals surface area (Å²) in [7, 11) is 0. The molecule has 1 aliphatic carbocycles. The number of hydrogen-bond acceptors (Lipinski definition) is 2. The highest BCUT2D eigenvalue weighted by Gasteiger charge is 2.27. The first-order valence-corrected chi connectivity index (χ1v) is 6.66. The van der Waals surface area contributed by atoms with Crippen LogP contribution in [-0.2, 0) is 6.42 Å². The van der Waals surface area contributed by atoms with Crippen LogP contribution in [0.4, 0.5) is 0 Å². The lowest BCUT2D eigenvalue weighted by atomic mass is 9.91. The molecule has 90 valence electrons. The van der Waals surface area contributed by atoms with Crippen molar-refractivity contribution in [2.45, 2.75) is 52.0 Å². The molecule has 2 heteroatoms. The van der Waals surface area contributed by atoms with Crippen LogP contribution in [0.25, 0.3) is 0 Å². The maximum absolute atomic E-state index is 5.56. The van der Waals surface area contributed by atoms with Gasteiger partial charge in [-0.1, -0.05) is 26.7 Å². The van der Waals surface area contributed by atoms with E-state index in [1.807, 2.05) is 6.26 Å². The van der Waals surface area contributed by atoms with Gasteiger partial charge >= 0.3 is 0 Å². The van der Waals surface area contributed by atoms with Gasteiger partial charge in [-0.25, -0.2) is 0 Å². The van der Waals surface area contributed by atoms with E-state index in [9.17, 15) is 0 Å². The van der Waals surface area contributed by atoms with E-state index >= 15 is 0 Å². The third-order valence-corrected chi connectivity index (χ3v) is 3.73. The van der Waals surface area contributed by atoms with Crippen molar-refractivity contribution < 1.29 is 4.42 Å². The quantitative estimate of drug-likeness (QED) is 0.820. The molecule has 1 fully saturated rings. The normalized spacial score (nSPS) is 19.1. The van der Waals surface area contributed by atoms with Gasteiger partial charge in [-0.3, -0.25) is 0 Å². The zero-order valence-electron chi connectivity index (χ0n) is 10.5. The van der Waals surface area contributed by atoms with Gasteiger partial charge in [0.2, 0.25) is 0 Å². The topological polar surface area (TPSA) is 25.2 Å². The van der Waals surface area contributed by atoms with E-state index < -0.39 is 0 Å². The van der Waals surface area contributed by atoms with Crippen LogP contribution in [0.5, 0.6) is 0 Å². The van der Waals surface area contributed by atoms with Crippen LogP contribution in [-0.4, -0.2) is 6.54 Å². The lowest BCUT2D eigenvalue weighted by Crippen LogP contribution is -2.27. The molecule has 2 rings (SSSR count). The fourth-order valence-electron chi connectivity index (χ4n) is 2.96. The molecule has 0 saturated heterocycles. The average Bonchev–Trinajstić information content (AvgIpc) is 2.96. The van der Waals surface area contributed by atoms with Crippen LogP contribution >= 0.6 is 0 Å². The van der Waals surface area contributed by atoms with Crippen LogP contribution < -0.4 is 5.32 Å². The van der Waals surface area contributed by atoms with Crippen molar-refractivity contribution in [1.29, 1.82) is 0 Å². The molecule has 0 amide bonds. The average molecular weight is 221 g/mol. The predicted molar refractivity (Wildman–Crippen MR) is 66.5 cm³/mol. The highest BCUT2D eigenvalue weighted by molar-refractivity contribution is 5.22. The monoisotopic (exact) mass is 221 g/mol. The lowest BCUT2D eigenvalue weighted by molar-refractivity contribution is 0.366. The molecule has 1 saturated carbocycles. The van der Waals surface area contributed by atoms with Gasteiger partial charge in [0.05, 0.1) is 6.26 Å². The Balaban J connectivity index is 2.17. The van der Waals surface area contributed by atoms with Gasteiger partial charge in [-0.15, -0.1) is 0 Å². The molecule has 0 aliphatic heterocycles. The molecule has 0 radical (unpaired) electrons. The van der Waals surface area contributed by atoms with E-state index in [0.717, 1.165) is 24.6 Å². The van der Waals surface area contributed by atoms with E-state index in [2.05, 4.69) is 25.2 Å². The molecule has 0 bridgehead atoms. The van der Waals surface area contributed by atoms with Gasteiger partial charge in [0.15, 0.2) is 0 Å². The molecular formula is C14H23NO. The van der Waals surface area contributed by atoms with Gasteiger partial charge in [-0.2, -0.15) is 0 Å². The van der Waals surface area contributed by atoms with Crippen molar-refractivity contribution in [3.8, 4) is 0 Å². The summed E-state index contributed by atoms with van der Waals surface area (Å²) in [6, 6.07) is 2.67. The molecule has 1 aromatic rings. The minimum atomic E-state index is 0.515. The molecule has 1 aliphatic rings. The molecule has 1 unspecified atom stereocenters. The van der Waals surface area contributed by atoms with Crippen LogP contribution in [0.1, 0.15) is 56.9 Å². The molecule has 16 heavy (non-hydrogen) atoms. The first-order chi connectivity index (χ1) is 7.86. The summed E-state index contributed by atoms with van der Waals surface area (Å²) < 4.78 is 5.56. The van der Waals surface area contributed by atoms with Crippen molar-refractivity contribution >= 4 is 0 Å². The SMILES string of the molecule is CCNC(c1ccoc1CC)C1CCCC1. The molecule has 1 aromatic heterocycles. The van der Waals surface area contributed by atoms with Crippen LogP contribution in [0.3, 0.4) is 0 Å². The van der Waals surface area contributed by atoms with E-state index in [1.54, 1.807) is 0 Å². The second kappa shape index (κ2) is 5.53. The maximum atomic E-state index is 5.56. The van der Waals surface area contributed by atoms with Crippen molar-refractivity contribution in [1.82, 2.24) is 5.32 Å². The second-order valence-electron chi connectivity index (χ2n) is 4.73.